The number of carbonyl (C=O) groups excluding carboxylic acids is 1. The number of carboxylic acids is 1. The number of amides is 2. The van der Waals surface area contributed by atoms with E-state index in [1.54, 1.807) is 0 Å². The van der Waals surface area contributed by atoms with Gasteiger partial charge in [0.05, 0.1) is 11.7 Å². The number of nitrogens with zero attached hydrogens (tertiary/aromatic N) is 3. The van der Waals surface area contributed by atoms with Crippen molar-refractivity contribution in [3.05, 3.63) is 23.2 Å². The second-order valence-electron chi connectivity index (χ2n) is 4.71. The molecule has 0 saturated heterocycles. The fourth-order valence-electron chi connectivity index (χ4n) is 2.20. The van der Waals surface area contributed by atoms with Gasteiger partial charge in [-0.2, -0.15) is 0 Å². The molecule has 0 atom stereocenters. The number of anilines is 1. The van der Waals surface area contributed by atoms with Crippen LogP contribution in [0.25, 0.3) is 0 Å². The van der Waals surface area contributed by atoms with Gasteiger partial charge in [0.2, 0.25) is 5.13 Å². The van der Waals surface area contributed by atoms with Crippen molar-refractivity contribution in [2.24, 2.45) is 0 Å². The fraction of sp³-hybridized carbons (Fsp3) is 0.364. The van der Waals surface area contributed by atoms with Gasteiger partial charge in [0.1, 0.15) is 17.0 Å². The fourth-order valence-corrected chi connectivity index (χ4v) is 2.64. The molecule has 21 heavy (non-hydrogen) atoms. The highest BCUT2D eigenvalue weighted by Gasteiger charge is 2.43. The summed E-state index contributed by atoms with van der Waals surface area (Å²) in [5, 5.41) is 22.1. The van der Waals surface area contributed by atoms with E-state index in [1.807, 2.05) is 0 Å². The van der Waals surface area contributed by atoms with Crippen LogP contribution in [0.2, 0.25) is 0 Å². The highest BCUT2D eigenvalue weighted by atomic mass is 32.1. The lowest BCUT2D eigenvalue weighted by atomic mass is 9.76. The van der Waals surface area contributed by atoms with E-state index in [9.17, 15) is 9.59 Å². The number of carboxylic acid groups (broad SMARTS) is 1. The van der Waals surface area contributed by atoms with Gasteiger partial charge in [-0.3, -0.25) is 5.32 Å². The molecule has 0 spiro atoms. The van der Waals surface area contributed by atoms with E-state index >= 15 is 0 Å². The molecule has 0 unspecified atom stereocenters. The maximum absolute atomic E-state index is 12.0. The van der Waals surface area contributed by atoms with Gasteiger partial charge in [0, 0.05) is 0 Å². The monoisotopic (exact) mass is 308 g/mol. The SMILES string of the molecule is O=C(Nc1nncs1)NC1(c2ncc(C(=O)O)[nH]2)CCC1. The molecule has 1 aliphatic rings. The van der Waals surface area contributed by atoms with E-state index in [2.05, 4.69) is 30.8 Å². The molecule has 1 fully saturated rings. The number of rotatable bonds is 4. The van der Waals surface area contributed by atoms with Crippen molar-refractivity contribution >= 4 is 28.5 Å². The van der Waals surface area contributed by atoms with Crippen molar-refractivity contribution in [1.29, 1.82) is 0 Å². The Hall–Kier alpha value is -2.49. The molecule has 1 aliphatic carbocycles. The molecule has 110 valence electrons. The lowest BCUT2D eigenvalue weighted by Crippen LogP contribution is -2.52. The Morgan fingerprint density at radius 3 is 2.76 bits per heavy atom. The van der Waals surface area contributed by atoms with Crippen LogP contribution >= 0.6 is 11.3 Å². The van der Waals surface area contributed by atoms with Gasteiger partial charge in [0.25, 0.3) is 0 Å². The van der Waals surface area contributed by atoms with Crippen LogP contribution in [0.1, 0.15) is 35.6 Å². The van der Waals surface area contributed by atoms with Crippen molar-refractivity contribution in [3.8, 4) is 0 Å². The van der Waals surface area contributed by atoms with E-state index in [0.29, 0.717) is 23.8 Å². The Bertz CT molecular complexity index is 663. The summed E-state index contributed by atoms with van der Waals surface area (Å²) in [4.78, 5) is 29.7. The topological polar surface area (TPSA) is 133 Å². The third-order valence-corrected chi connectivity index (χ3v) is 4.01. The minimum atomic E-state index is -1.08. The summed E-state index contributed by atoms with van der Waals surface area (Å²) in [6, 6.07) is -0.417. The first-order valence-electron chi connectivity index (χ1n) is 6.23. The summed E-state index contributed by atoms with van der Waals surface area (Å²) >= 11 is 1.21. The number of aromatic carboxylic acids is 1. The molecule has 3 rings (SSSR count). The molecule has 0 aromatic carbocycles. The predicted octanol–water partition coefficient (Wildman–Crippen LogP) is 1.16. The first-order valence-corrected chi connectivity index (χ1v) is 7.11. The Morgan fingerprint density at radius 2 is 2.24 bits per heavy atom. The quantitative estimate of drug-likeness (QED) is 0.670. The van der Waals surface area contributed by atoms with Crippen molar-refractivity contribution in [2.45, 2.75) is 24.8 Å². The minimum Gasteiger partial charge on any atom is -0.477 e. The summed E-state index contributed by atoms with van der Waals surface area (Å²) in [5.74, 6) is -0.625. The number of carbonyl (C=O) groups is 2. The van der Waals surface area contributed by atoms with Gasteiger partial charge in [-0.05, 0) is 19.3 Å². The zero-order chi connectivity index (χ0) is 14.9. The van der Waals surface area contributed by atoms with Crippen LogP contribution in [-0.2, 0) is 5.54 Å². The molecule has 0 aliphatic heterocycles. The Labute approximate surface area is 122 Å². The summed E-state index contributed by atoms with van der Waals surface area (Å²) in [5.41, 5.74) is 0.866. The highest BCUT2D eigenvalue weighted by Crippen LogP contribution is 2.39. The molecule has 2 heterocycles. The molecule has 9 nitrogen and oxygen atoms in total. The van der Waals surface area contributed by atoms with Crippen LogP contribution in [0.15, 0.2) is 11.7 Å². The molecule has 0 bridgehead atoms. The average molecular weight is 308 g/mol. The Balaban J connectivity index is 1.73. The van der Waals surface area contributed by atoms with Gasteiger partial charge in [-0.15, -0.1) is 10.2 Å². The Kier molecular flexibility index (Phi) is 3.29. The average Bonchev–Trinajstić information content (AvgIpc) is 3.04. The van der Waals surface area contributed by atoms with Crippen LogP contribution in [0.5, 0.6) is 0 Å². The van der Waals surface area contributed by atoms with E-state index in [-0.39, 0.29) is 5.69 Å². The van der Waals surface area contributed by atoms with Crippen LogP contribution in [0.4, 0.5) is 9.93 Å². The molecule has 1 saturated carbocycles. The summed E-state index contributed by atoms with van der Waals surface area (Å²) < 4.78 is 0. The van der Waals surface area contributed by atoms with E-state index in [4.69, 9.17) is 5.11 Å². The molecular formula is C11H12N6O3S. The second kappa shape index (κ2) is 5.13. The number of hydrogen-bond donors (Lipinski definition) is 4. The maximum Gasteiger partial charge on any atom is 0.353 e. The van der Waals surface area contributed by atoms with Crippen molar-refractivity contribution < 1.29 is 14.7 Å². The van der Waals surface area contributed by atoms with Crippen LogP contribution in [0, 0.1) is 0 Å². The van der Waals surface area contributed by atoms with Gasteiger partial charge in [-0.1, -0.05) is 11.3 Å². The maximum atomic E-state index is 12.0. The third-order valence-electron chi connectivity index (χ3n) is 3.40. The number of imidazole rings is 1. The van der Waals surface area contributed by atoms with Gasteiger partial charge in [-0.25, -0.2) is 14.6 Å². The number of aromatic nitrogens is 4. The largest absolute Gasteiger partial charge is 0.477 e. The number of urea groups is 1. The van der Waals surface area contributed by atoms with Crippen molar-refractivity contribution in [1.82, 2.24) is 25.5 Å². The van der Waals surface area contributed by atoms with Gasteiger partial charge >= 0.3 is 12.0 Å². The summed E-state index contributed by atoms with van der Waals surface area (Å²) in [6.07, 6.45) is 3.58. The van der Waals surface area contributed by atoms with Crippen molar-refractivity contribution in [2.75, 3.05) is 5.32 Å². The highest BCUT2D eigenvalue weighted by molar-refractivity contribution is 7.13. The molecule has 2 aromatic heterocycles. The first-order chi connectivity index (χ1) is 10.1. The lowest BCUT2D eigenvalue weighted by molar-refractivity contribution is 0.0690. The number of hydrogen-bond acceptors (Lipinski definition) is 6. The number of aromatic amines is 1. The van der Waals surface area contributed by atoms with E-state index < -0.39 is 17.5 Å². The zero-order valence-electron chi connectivity index (χ0n) is 10.8. The lowest BCUT2D eigenvalue weighted by Gasteiger charge is -2.40. The van der Waals surface area contributed by atoms with Gasteiger partial charge < -0.3 is 15.4 Å². The van der Waals surface area contributed by atoms with Crippen LogP contribution < -0.4 is 10.6 Å². The molecule has 0 radical (unpaired) electrons. The predicted molar refractivity (Wildman–Crippen MR) is 73.1 cm³/mol. The summed E-state index contributed by atoms with van der Waals surface area (Å²) in [7, 11) is 0. The molecular weight excluding hydrogens is 296 g/mol. The summed E-state index contributed by atoms with van der Waals surface area (Å²) in [6.45, 7) is 0. The standard InChI is InChI=1S/C11H12N6O3S/c18-7(19)6-4-12-8(14-6)11(2-1-3-11)16-9(20)15-10-17-13-5-21-10/h4-5H,1-3H2,(H,12,14)(H,18,19)(H2,15,16,17,20). The minimum absolute atomic E-state index is 0.00241. The number of H-pyrrole nitrogens is 1. The van der Waals surface area contributed by atoms with Crippen LogP contribution in [-0.4, -0.2) is 37.3 Å². The molecule has 2 amide bonds. The van der Waals surface area contributed by atoms with E-state index in [0.717, 1.165) is 6.42 Å². The van der Waals surface area contributed by atoms with Crippen molar-refractivity contribution in [3.63, 3.8) is 0 Å². The zero-order valence-corrected chi connectivity index (χ0v) is 11.6. The normalized spacial score (nSPS) is 16.0. The third kappa shape index (κ3) is 2.57. The van der Waals surface area contributed by atoms with Crippen LogP contribution in [0.3, 0.4) is 0 Å². The first kappa shape index (κ1) is 13.5. The van der Waals surface area contributed by atoms with Gasteiger partial charge in [0.15, 0.2) is 0 Å². The molecule has 4 N–H and O–H groups in total. The smallest absolute Gasteiger partial charge is 0.353 e. The second-order valence-corrected chi connectivity index (χ2v) is 5.54. The molecule has 2 aromatic rings. The van der Waals surface area contributed by atoms with E-state index in [1.165, 1.54) is 23.0 Å². The molecule has 10 heteroatoms. The Morgan fingerprint density at radius 1 is 1.43 bits per heavy atom. The number of nitrogens with one attached hydrogen (secondary N) is 3.